The highest BCUT2D eigenvalue weighted by Gasteiger charge is 2.15. The van der Waals surface area contributed by atoms with Gasteiger partial charge in [0.1, 0.15) is 5.15 Å². The number of carbonyl (C=O) groups excluding carboxylic acids is 1. The van der Waals surface area contributed by atoms with E-state index in [9.17, 15) is 13.6 Å². The van der Waals surface area contributed by atoms with E-state index in [-0.39, 0.29) is 16.6 Å². The molecule has 0 aliphatic carbocycles. The molecule has 0 aliphatic heterocycles. The summed E-state index contributed by atoms with van der Waals surface area (Å²) in [6, 6.07) is 4.92. The summed E-state index contributed by atoms with van der Waals surface area (Å²) in [7, 11) is 0. The van der Waals surface area contributed by atoms with Crippen molar-refractivity contribution in [3.8, 4) is 0 Å². The minimum Gasteiger partial charge on any atom is -0.771 e. The molecule has 2 aromatic rings. The van der Waals surface area contributed by atoms with E-state index >= 15 is 0 Å². The lowest BCUT2D eigenvalue weighted by molar-refractivity contribution is 0.0365. The zero-order valence-electron chi connectivity index (χ0n) is 14.0. The number of hydroxylamine groups is 1. The van der Waals surface area contributed by atoms with E-state index in [1.165, 1.54) is 12.3 Å². The molecular formula is C15H17ClN5O4S-. The molecule has 0 fully saturated rings. The molecule has 0 spiro atoms. The molecule has 0 aliphatic rings. The number of aryl methyl sites for hydroxylation is 1. The van der Waals surface area contributed by atoms with Crippen LogP contribution < -0.4 is 16.1 Å². The van der Waals surface area contributed by atoms with Crippen LogP contribution in [0.3, 0.4) is 0 Å². The Labute approximate surface area is 157 Å². The van der Waals surface area contributed by atoms with Crippen LogP contribution in [0, 0.1) is 6.92 Å². The summed E-state index contributed by atoms with van der Waals surface area (Å²) in [6.07, 6.45) is 1.31. The van der Waals surface area contributed by atoms with Gasteiger partial charge in [0.05, 0.1) is 29.4 Å². The lowest BCUT2D eigenvalue weighted by Crippen LogP contribution is -2.24. The SMILES string of the molecule is CCONC(=O)c1cnc(Cl)cc1Nc1ccc(C)nc1NCS(=O)[O-]. The Kier molecular flexibility index (Phi) is 7.27. The van der Waals surface area contributed by atoms with Gasteiger partial charge in [0.15, 0.2) is 5.82 Å². The van der Waals surface area contributed by atoms with Crippen LogP contribution in [0.1, 0.15) is 23.0 Å². The van der Waals surface area contributed by atoms with E-state index in [2.05, 4.69) is 26.1 Å². The minimum absolute atomic E-state index is 0.177. The van der Waals surface area contributed by atoms with Crippen molar-refractivity contribution in [3.05, 3.63) is 40.8 Å². The fourth-order valence-corrected chi connectivity index (χ4v) is 2.38. The topological polar surface area (TPSA) is 128 Å². The fourth-order valence-electron chi connectivity index (χ4n) is 1.97. The highest BCUT2D eigenvalue weighted by atomic mass is 35.5. The smallest absolute Gasteiger partial charge is 0.278 e. The standard InChI is InChI=1S/C15H18ClN5O4S/c1-3-25-21-15(22)10-7-17-13(16)6-12(10)20-11-5-4-9(2)19-14(11)18-8-26(23)24/h4-7H,3,8H2,1-2H3,(H,17,20)(H,18,19)(H,21,22)(H,23,24)/p-1. The van der Waals surface area contributed by atoms with Crippen molar-refractivity contribution >= 4 is 45.8 Å². The van der Waals surface area contributed by atoms with Gasteiger partial charge in [-0.2, -0.15) is 0 Å². The van der Waals surface area contributed by atoms with Gasteiger partial charge in [0.25, 0.3) is 5.91 Å². The fraction of sp³-hybridized carbons (Fsp3) is 0.267. The quantitative estimate of drug-likeness (QED) is 0.350. The molecule has 0 radical (unpaired) electrons. The Balaban J connectivity index is 2.34. The van der Waals surface area contributed by atoms with Crippen LogP contribution in [0.2, 0.25) is 5.15 Å². The van der Waals surface area contributed by atoms with E-state index in [1.807, 2.05) is 0 Å². The molecule has 26 heavy (non-hydrogen) atoms. The molecule has 2 heterocycles. The molecule has 0 saturated carbocycles. The lowest BCUT2D eigenvalue weighted by Gasteiger charge is -2.16. The molecule has 140 valence electrons. The van der Waals surface area contributed by atoms with Gasteiger partial charge in [-0.3, -0.25) is 13.8 Å². The molecule has 3 N–H and O–H groups in total. The van der Waals surface area contributed by atoms with Crippen LogP contribution in [-0.2, 0) is 15.9 Å². The number of carbonyl (C=O) groups is 1. The van der Waals surface area contributed by atoms with Gasteiger partial charge < -0.3 is 15.2 Å². The summed E-state index contributed by atoms with van der Waals surface area (Å²) in [6.45, 7) is 3.81. The van der Waals surface area contributed by atoms with Crippen molar-refractivity contribution in [2.24, 2.45) is 0 Å². The Morgan fingerprint density at radius 1 is 1.38 bits per heavy atom. The second-order valence-electron chi connectivity index (χ2n) is 5.02. The highest BCUT2D eigenvalue weighted by Crippen LogP contribution is 2.27. The Morgan fingerprint density at radius 2 is 2.15 bits per heavy atom. The monoisotopic (exact) mass is 398 g/mol. The zero-order chi connectivity index (χ0) is 19.1. The summed E-state index contributed by atoms with van der Waals surface area (Å²) in [5.41, 5.74) is 4.00. The van der Waals surface area contributed by atoms with E-state index in [0.29, 0.717) is 29.5 Å². The predicted octanol–water partition coefficient (Wildman–Crippen LogP) is 2.11. The second-order valence-corrected chi connectivity index (χ2v) is 6.30. The van der Waals surface area contributed by atoms with Crippen LogP contribution in [0.15, 0.2) is 24.4 Å². The van der Waals surface area contributed by atoms with Crippen molar-refractivity contribution in [1.82, 2.24) is 15.4 Å². The van der Waals surface area contributed by atoms with Crippen molar-refractivity contribution in [1.29, 1.82) is 0 Å². The maximum atomic E-state index is 12.2. The van der Waals surface area contributed by atoms with Crippen LogP contribution in [0.4, 0.5) is 17.2 Å². The first-order valence-corrected chi connectivity index (χ1v) is 9.15. The van der Waals surface area contributed by atoms with Gasteiger partial charge in [-0.15, -0.1) is 0 Å². The number of aromatic nitrogens is 2. The van der Waals surface area contributed by atoms with Gasteiger partial charge >= 0.3 is 0 Å². The number of halogens is 1. The molecule has 0 bridgehead atoms. The van der Waals surface area contributed by atoms with Crippen molar-refractivity contribution in [2.75, 3.05) is 23.1 Å². The molecule has 2 aromatic heterocycles. The number of nitrogens with zero attached hydrogens (tertiary/aromatic N) is 2. The summed E-state index contributed by atoms with van der Waals surface area (Å²) in [4.78, 5) is 25.3. The number of anilines is 3. The van der Waals surface area contributed by atoms with Crippen LogP contribution >= 0.6 is 11.6 Å². The lowest BCUT2D eigenvalue weighted by atomic mass is 10.2. The number of hydrogen-bond acceptors (Lipinski definition) is 8. The molecule has 11 heteroatoms. The number of amides is 1. The Morgan fingerprint density at radius 3 is 2.85 bits per heavy atom. The third-order valence-electron chi connectivity index (χ3n) is 3.09. The first-order valence-electron chi connectivity index (χ1n) is 7.52. The molecule has 9 nitrogen and oxygen atoms in total. The third-order valence-corrected chi connectivity index (χ3v) is 3.67. The number of rotatable bonds is 8. The third kappa shape index (κ3) is 5.63. The van der Waals surface area contributed by atoms with E-state index in [0.717, 1.165) is 0 Å². The normalized spacial score (nSPS) is 11.7. The van der Waals surface area contributed by atoms with Crippen LogP contribution in [0.25, 0.3) is 0 Å². The van der Waals surface area contributed by atoms with Crippen molar-refractivity contribution in [2.45, 2.75) is 13.8 Å². The van der Waals surface area contributed by atoms with E-state index in [4.69, 9.17) is 16.4 Å². The maximum absolute atomic E-state index is 12.2. The summed E-state index contributed by atoms with van der Waals surface area (Å²) < 4.78 is 21.6. The Hall–Kier alpha value is -2.27. The highest BCUT2D eigenvalue weighted by molar-refractivity contribution is 7.79. The summed E-state index contributed by atoms with van der Waals surface area (Å²) in [5.74, 6) is -0.494. The maximum Gasteiger partial charge on any atom is 0.278 e. The second kappa shape index (κ2) is 9.43. The molecule has 1 amide bonds. The largest absolute Gasteiger partial charge is 0.771 e. The zero-order valence-corrected chi connectivity index (χ0v) is 15.6. The summed E-state index contributed by atoms with van der Waals surface area (Å²) in [5, 5.41) is 5.91. The number of hydrogen-bond donors (Lipinski definition) is 3. The first kappa shape index (κ1) is 20.0. The van der Waals surface area contributed by atoms with Gasteiger partial charge in [-0.25, -0.2) is 15.4 Å². The van der Waals surface area contributed by atoms with Gasteiger partial charge in [0, 0.05) is 11.9 Å². The molecule has 0 aromatic carbocycles. The molecule has 0 saturated heterocycles. The molecule has 1 unspecified atom stereocenters. The van der Waals surface area contributed by atoms with Gasteiger partial charge in [-0.1, -0.05) is 11.6 Å². The van der Waals surface area contributed by atoms with Crippen molar-refractivity contribution in [3.63, 3.8) is 0 Å². The molecular weight excluding hydrogens is 382 g/mol. The van der Waals surface area contributed by atoms with Gasteiger partial charge in [0.2, 0.25) is 0 Å². The minimum atomic E-state index is -2.29. The predicted molar refractivity (Wildman–Crippen MR) is 98.0 cm³/mol. The molecule has 1 atom stereocenters. The van der Waals surface area contributed by atoms with Crippen LogP contribution in [0.5, 0.6) is 0 Å². The summed E-state index contributed by atoms with van der Waals surface area (Å²) >= 11 is 3.65. The number of nitrogens with one attached hydrogen (secondary N) is 3. The van der Waals surface area contributed by atoms with Gasteiger partial charge in [-0.05, 0) is 43.1 Å². The molecule has 2 rings (SSSR count). The first-order chi connectivity index (χ1) is 12.4. The van der Waals surface area contributed by atoms with Crippen LogP contribution in [-0.4, -0.2) is 37.1 Å². The van der Waals surface area contributed by atoms with E-state index in [1.54, 1.807) is 26.0 Å². The Bertz CT molecular complexity index is 821. The van der Waals surface area contributed by atoms with Crippen molar-refractivity contribution < 1.29 is 18.4 Å². The average molecular weight is 399 g/mol. The number of pyridine rings is 2. The van der Waals surface area contributed by atoms with E-state index < -0.39 is 17.0 Å². The average Bonchev–Trinajstić information content (AvgIpc) is 2.60.